The summed E-state index contributed by atoms with van der Waals surface area (Å²) in [6, 6.07) is 0. The monoisotopic (exact) mass is 702 g/mol. The van der Waals surface area contributed by atoms with Crippen LogP contribution in [0.5, 0.6) is 0 Å². The van der Waals surface area contributed by atoms with Gasteiger partial charge in [0.15, 0.2) is 0 Å². The lowest BCUT2D eigenvalue weighted by Crippen LogP contribution is -2.39. The van der Waals surface area contributed by atoms with Crippen molar-refractivity contribution in [3.8, 4) is 0 Å². The van der Waals surface area contributed by atoms with Crippen LogP contribution in [0.3, 0.4) is 0 Å². The van der Waals surface area contributed by atoms with Gasteiger partial charge in [0.25, 0.3) is 0 Å². The van der Waals surface area contributed by atoms with Gasteiger partial charge in [0.05, 0.1) is 48.3 Å². The van der Waals surface area contributed by atoms with Gasteiger partial charge < -0.3 is 23.7 Å². The molecule has 0 aromatic rings. The second-order valence-corrected chi connectivity index (χ2v) is 15.6. The van der Waals surface area contributed by atoms with Crippen molar-refractivity contribution >= 4 is 77.9 Å². The van der Waals surface area contributed by atoms with E-state index in [0.717, 1.165) is 12.8 Å². The van der Waals surface area contributed by atoms with Gasteiger partial charge in [0, 0.05) is 27.8 Å². The number of carbonyl (C=O) groups excluding carboxylic acids is 7. The zero-order valence-electron chi connectivity index (χ0n) is 25.9. The van der Waals surface area contributed by atoms with Crippen molar-refractivity contribution in [1.29, 1.82) is 0 Å². The molecule has 15 heteroatoms. The van der Waals surface area contributed by atoms with Crippen molar-refractivity contribution in [3.63, 3.8) is 0 Å². The molecule has 2 aliphatic carbocycles. The molecule has 6 unspecified atom stereocenters. The first-order valence-electron chi connectivity index (χ1n) is 15.9. The Labute approximate surface area is 282 Å². The molecule has 0 aromatic carbocycles. The number of cyclic esters (lactones) is 4. The molecular weight excluding hydrogens is 661 g/mol. The fourth-order valence-corrected chi connectivity index (χ4v) is 8.92. The highest BCUT2D eigenvalue weighted by molar-refractivity contribution is 8.00. The summed E-state index contributed by atoms with van der Waals surface area (Å²) in [6.07, 6.45) is 4.60. The molecule has 0 radical (unpaired) electrons. The minimum absolute atomic E-state index is 0.0981. The average molecular weight is 703 g/mol. The van der Waals surface area contributed by atoms with Crippen molar-refractivity contribution in [1.82, 2.24) is 0 Å². The van der Waals surface area contributed by atoms with Crippen LogP contribution in [0.15, 0.2) is 0 Å². The van der Waals surface area contributed by atoms with E-state index in [0.29, 0.717) is 49.4 Å². The molecule has 0 N–H and O–H groups in total. The SMILES string of the molecule is CCC(COC(=O)CCS)(COC(=O)CCSC1CCC2C(=O)OC(=O)C2C1)COC(=O)CCSC1CCC2C(=O)OC(=O)C2C1. The van der Waals surface area contributed by atoms with E-state index in [4.69, 9.17) is 23.7 Å². The number of ether oxygens (including phenoxy) is 5. The normalized spacial score (nSPS) is 28.4. The number of rotatable bonds is 17. The van der Waals surface area contributed by atoms with Crippen molar-refractivity contribution in [2.45, 2.75) is 81.6 Å². The fraction of sp³-hybridized carbons (Fsp3) is 0.774. The molecule has 4 rings (SSSR count). The lowest BCUT2D eigenvalue weighted by Gasteiger charge is -2.31. The average Bonchev–Trinajstić information content (AvgIpc) is 3.49. The van der Waals surface area contributed by atoms with Crippen LogP contribution in [-0.2, 0) is 57.2 Å². The number of carbonyl (C=O) groups is 7. The second-order valence-electron chi connectivity index (χ2n) is 12.3. The maximum Gasteiger partial charge on any atom is 0.317 e. The van der Waals surface area contributed by atoms with Crippen LogP contribution in [0.1, 0.15) is 71.1 Å². The van der Waals surface area contributed by atoms with Crippen molar-refractivity contribution in [2.75, 3.05) is 37.1 Å². The van der Waals surface area contributed by atoms with E-state index in [9.17, 15) is 33.6 Å². The number of thioether (sulfide) groups is 2. The van der Waals surface area contributed by atoms with E-state index in [2.05, 4.69) is 12.6 Å². The maximum atomic E-state index is 12.7. The first kappa shape index (κ1) is 36.6. The predicted molar refractivity (Wildman–Crippen MR) is 170 cm³/mol. The summed E-state index contributed by atoms with van der Waals surface area (Å²) >= 11 is 7.19. The molecule has 2 saturated carbocycles. The van der Waals surface area contributed by atoms with Gasteiger partial charge in [0.1, 0.15) is 19.8 Å². The van der Waals surface area contributed by atoms with Crippen molar-refractivity contribution in [2.24, 2.45) is 29.1 Å². The zero-order valence-corrected chi connectivity index (χ0v) is 28.5. The Balaban J connectivity index is 1.19. The van der Waals surface area contributed by atoms with Crippen molar-refractivity contribution < 1.29 is 57.2 Å². The maximum absolute atomic E-state index is 12.7. The van der Waals surface area contributed by atoms with Gasteiger partial charge in [-0.05, 0) is 44.9 Å². The Kier molecular flexibility index (Phi) is 13.7. The van der Waals surface area contributed by atoms with Gasteiger partial charge >= 0.3 is 41.8 Å². The lowest BCUT2D eigenvalue weighted by molar-refractivity contribution is -0.162. The quantitative estimate of drug-likeness (QED) is 0.102. The van der Waals surface area contributed by atoms with Gasteiger partial charge in [-0.25, -0.2) is 0 Å². The minimum Gasteiger partial charge on any atom is -0.465 e. The minimum atomic E-state index is -0.931. The van der Waals surface area contributed by atoms with E-state index in [1.807, 2.05) is 6.92 Å². The third-order valence-corrected chi connectivity index (χ3v) is 12.1. The predicted octanol–water partition coefficient (Wildman–Crippen LogP) is 3.32. The Morgan fingerprint density at radius 3 is 1.46 bits per heavy atom. The highest BCUT2D eigenvalue weighted by Gasteiger charge is 2.48. The van der Waals surface area contributed by atoms with Gasteiger partial charge in [-0.3, -0.25) is 33.6 Å². The summed E-state index contributed by atoms with van der Waals surface area (Å²) in [4.78, 5) is 84.8. The fourth-order valence-electron chi connectivity index (χ4n) is 6.21. The largest absolute Gasteiger partial charge is 0.465 e. The molecule has 2 heterocycles. The van der Waals surface area contributed by atoms with Crippen LogP contribution in [0, 0.1) is 29.1 Å². The standard InChI is InChI=1S/C31H42O12S3/c1-2-31(15-39-24(32)7-10-44,16-40-25(33)8-11-45-18-3-5-20-22(13-18)29(37)42-27(20)35)17-41-26(34)9-12-46-19-4-6-21-23(14-19)30(38)43-28(21)36/h18-23,44H,2-17H2,1H3. The molecular formula is C31H42O12S3. The highest BCUT2D eigenvalue weighted by Crippen LogP contribution is 2.42. The van der Waals surface area contributed by atoms with Crippen LogP contribution in [-0.4, -0.2) is 89.4 Å². The third kappa shape index (κ3) is 9.88. The van der Waals surface area contributed by atoms with Gasteiger partial charge in [-0.2, -0.15) is 36.2 Å². The van der Waals surface area contributed by atoms with E-state index in [1.54, 1.807) is 23.5 Å². The van der Waals surface area contributed by atoms with Crippen molar-refractivity contribution in [3.05, 3.63) is 0 Å². The molecule has 0 aromatic heterocycles. The first-order valence-corrected chi connectivity index (χ1v) is 18.6. The summed E-state index contributed by atoms with van der Waals surface area (Å²) in [6.45, 7) is 1.52. The van der Waals surface area contributed by atoms with Crippen LogP contribution in [0.4, 0.5) is 0 Å². The zero-order chi connectivity index (χ0) is 33.3. The molecule has 0 spiro atoms. The molecule has 46 heavy (non-hydrogen) atoms. The molecule has 6 atom stereocenters. The molecule has 2 aliphatic heterocycles. The summed E-state index contributed by atoms with van der Waals surface area (Å²) in [7, 11) is 0. The summed E-state index contributed by atoms with van der Waals surface area (Å²) < 4.78 is 26.1. The smallest absolute Gasteiger partial charge is 0.317 e. The highest BCUT2D eigenvalue weighted by atomic mass is 32.2. The lowest BCUT2D eigenvalue weighted by atomic mass is 9.81. The molecule has 12 nitrogen and oxygen atoms in total. The van der Waals surface area contributed by atoms with Crippen LogP contribution in [0.2, 0.25) is 0 Å². The third-order valence-electron chi connectivity index (χ3n) is 9.22. The molecule has 0 amide bonds. The summed E-state index contributed by atoms with van der Waals surface area (Å²) in [5.74, 6) is -3.34. The molecule has 2 saturated heterocycles. The van der Waals surface area contributed by atoms with Crippen LogP contribution >= 0.6 is 36.2 Å². The number of esters is 7. The Morgan fingerprint density at radius 1 is 0.674 bits per heavy atom. The number of fused-ring (bicyclic) bond motifs is 2. The van der Waals surface area contributed by atoms with E-state index >= 15 is 0 Å². The van der Waals surface area contributed by atoms with Gasteiger partial charge in [0.2, 0.25) is 0 Å². The Hall–Kier alpha value is -2.26. The number of hydrogen-bond acceptors (Lipinski definition) is 15. The van der Waals surface area contributed by atoms with Gasteiger partial charge in [-0.1, -0.05) is 6.92 Å². The second kappa shape index (κ2) is 17.2. The summed E-state index contributed by atoms with van der Waals surface area (Å²) in [5, 5.41) is 0.286. The first-order chi connectivity index (χ1) is 22.0. The molecule has 4 fully saturated rings. The topological polar surface area (TPSA) is 166 Å². The van der Waals surface area contributed by atoms with E-state index in [-0.39, 0.29) is 61.4 Å². The Morgan fingerprint density at radius 2 is 1.07 bits per heavy atom. The molecule has 4 aliphatic rings. The van der Waals surface area contributed by atoms with Crippen LogP contribution in [0.25, 0.3) is 0 Å². The van der Waals surface area contributed by atoms with Crippen LogP contribution < -0.4 is 0 Å². The number of hydrogen-bond donors (Lipinski definition) is 1. The summed E-state index contributed by atoms with van der Waals surface area (Å²) in [5.41, 5.74) is -0.931. The molecule has 0 bridgehead atoms. The Bertz CT molecular complexity index is 1100. The number of thiol groups is 1. The van der Waals surface area contributed by atoms with E-state index in [1.165, 1.54) is 0 Å². The van der Waals surface area contributed by atoms with Gasteiger partial charge in [-0.15, -0.1) is 0 Å². The molecule has 256 valence electrons. The van der Waals surface area contributed by atoms with E-state index < -0.39 is 59.0 Å².